The van der Waals surface area contributed by atoms with E-state index in [4.69, 9.17) is 16.3 Å². The van der Waals surface area contributed by atoms with Gasteiger partial charge in [-0.05, 0) is 36.4 Å². The van der Waals surface area contributed by atoms with Gasteiger partial charge in [-0.3, -0.25) is 19.3 Å². The highest BCUT2D eigenvalue weighted by atomic mass is 35.5. The molecule has 0 saturated carbocycles. The van der Waals surface area contributed by atoms with E-state index in [1.54, 1.807) is 0 Å². The average Bonchev–Trinajstić information content (AvgIpc) is 3.06. The molecule has 3 amide bonds. The van der Waals surface area contributed by atoms with Crippen LogP contribution in [0.3, 0.4) is 0 Å². The number of carbonyl (C=O) groups is 4. The molecule has 1 aliphatic rings. The summed E-state index contributed by atoms with van der Waals surface area (Å²) >= 11 is 5.81. The number of rotatable bonds is 7. The van der Waals surface area contributed by atoms with Crippen LogP contribution >= 0.6 is 11.6 Å². The quantitative estimate of drug-likeness (QED) is 0.510. The van der Waals surface area contributed by atoms with Crippen LogP contribution in [0.2, 0.25) is 5.02 Å². The summed E-state index contributed by atoms with van der Waals surface area (Å²) in [4.78, 5) is 48.9. The number of hydrogen-bond donors (Lipinski definition) is 1. The minimum absolute atomic E-state index is 0.0503. The van der Waals surface area contributed by atoms with Crippen LogP contribution in [0.25, 0.3) is 0 Å². The molecule has 1 fully saturated rings. The van der Waals surface area contributed by atoms with Gasteiger partial charge in [0.25, 0.3) is 5.91 Å². The second kappa shape index (κ2) is 9.52. The number of alkyl halides is 2. The SMILES string of the molecule is O=C(COC(=O)c1cccc(N2C(=O)CCC2=O)c1)Nc1ccc(OC(F)F)c(Cl)c1. The first-order valence-corrected chi connectivity index (χ1v) is 9.29. The highest BCUT2D eigenvalue weighted by Crippen LogP contribution is 2.29. The van der Waals surface area contributed by atoms with Crippen LogP contribution in [-0.4, -0.2) is 36.9 Å². The summed E-state index contributed by atoms with van der Waals surface area (Å²) in [5.74, 6) is -2.52. The van der Waals surface area contributed by atoms with Gasteiger partial charge >= 0.3 is 12.6 Å². The second-order valence-corrected chi connectivity index (χ2v) is 6.73. The highest BCUT2D eigenvalue weighted by molar-refractivity contribution is 6.32. The van der Waals surface area contributed by atoms with E-state index in [1.807, 2.05) is 0 Å². The molecule has 2 aromatic rings. The lowest BCUT2D eigenvalue weighted by molar-refractivity contribution is -0.121. The Morgan fingerprint density at radius 1 is 1.10 bits per heavy atom. The predicted molar refractivity (Wildman–Crippen MR) is 105 cm³/mol. The molecule has 1 saturated heterocycles. The van der Waals surface area contributed by atoms with Gasteiger partial charge in [0, 0.05) is 18.5 Å². The number of nitrogens with one attached hydrogen (secondary N) is 1. The summed E-state index contributed by atoms with van der Waals surface area (Å²) in [6.45, 7) is -3.69. The Balaban J connectivity index is 1.58. The number of hydrogen-bond acceptors (Lipinski definition) is 6. The standard InChI is InChI=1S/C20H15ClF2N2O6/c21-14-9-12(4-5-15(14)31-20(22)23)24-16(26)10-30-19(29)11-2-1-3-13(8-11)25-17(27)6-7-18(25)28/h1-5,8-9,20H,6-7,10H2,(H,24,26). The van der Waals surface area contributed by atoms with Crippen LogP contribution < -0.4 is 15.0 Å². The molecule has 162 valence electrons. The van der Waals surface area contributed by atoms with Crippen molar-refractivity contribution in [2.24, 2.45) is 0 Å². The van der Waals surface area contributed by atoms with Gasteiger partial charge in [0.15, 0.2) is 6.61 Å². The third-order valence-corrected chi connectivity index (χ3v) is 4.45. The molecule has 11 heteroatoms. The van der Waals surface area contributed by atoms with Gasteiger partial charge in [0.05, 0.1) is 16.3 Å². The number of anilines is 2. The van der Waals surface area contributed by atoms with E-state index >= 15 is 0 Å². The number of benzene rings is 2. The molecule has 0 radical (unpaired) electrons. The van der Waals surface area contributed by atoms with Crippen molar-refractivity contribution < 1.29 is 37.4 Å². The normalized spacial score (nSPS) is 13.5. The zero-order chi connectivity index (χ0) is 22.5. The van der Waals surface area contributed by atoms with Crippen molar-refractivity contribution in [2.75, 3.05) is 16.8 Å². The van der Waals surface area contributed by atoms with Gasteiger partial charge in [-0.25, -0.2) is 4.79 Å². The number of ether oxygens (including phenoxy) is 2. The molecule has 0 bridgehead atoms. The van der Waals surface area contributed by atoms with Crippen molar-refractivity contribution in [3.63, 3.8) is 0 Å². The Bertz CT molecular complexity index is 1030. The molecule has 1 heterocycles. The highest BCUT2D eigenvalue weighted by Gasteiger charge is 2.30. The molecule has 31 heavy (non-hydrogen) atoms. The first kappa shape index (κ1) is 22.2. The zero-order valence-electron chi connectivity index (χ0n) is 15.8. The smallest absolute Gasteiger partial charge is 0.387 e. The van der Waals surface area contributed by atoms with Crippen molar-refractivity contribution in [3.05, 3.63) is 53.1 Å². The van der Waals surface area contributed by atoms with Gasteiger partial charge < -0.3 is 14.8 Å². The summed E-state index contributed by atoms with van der Waals surface area (Å²) < 4.78 is 33.6. The summed E-state index contributed by atoms with van der Waals surface area (Å²) in [7, 11) is 0. The largest absolute Gasteiger partial charge is 0.452 e. The summed E-state index contributed by atoms with van der Waals surface area (Å²) in [6, 6.07) is 9.37. The second-order valence-electron chi connectivity index (χ2n) is 6.32. The van der Waals surface area contributed by atoms with Crippen molar-refractivity contribution >= 4 is 46.7 Å². The molecule has 0 unspecified atom stereocenters. The molecule has 2 aromatic carbocycles. The lowest BCUT2D eigenvalue weighted by atomic mass is 10.2. The number of carbonyl (C=O) groups excluding carboxylic acids is 4. The molecule has 3 rings (SSSR count). The molecule has 0 spiro atoms. The van der Waals surface area contributed by atoms with Crippen LogP contribution in [-0.2, 0) is 19.1 Å². The first-order chi connectivity index (χ1) is 14.7. The average molecular weight is 453 g/mol. The lowest BCUT2D eigenvalue weighted by Crippen LogP contribution is -2.28. The molecule has 0 atom stereocenters. The maximum absolute atomic E-state index is 12.2. The third-order valence-electron chi connectivity index (χ3n) is 4.16. The number of halogens is 3. The Kier molecular flexibility index (Phi) is 6.81. The van der Waals surface area contributed by atoms with Gasteiger partial charge in [-0.2, -0.15) is 8.78 Å². The Hall–Kier alpha value is -3.53. The fourth-order valence-electron chi connectivity index (χ4n) is 2.82. The van der Waals surface area contributed by atoms with Crippen LogP contribution in [0.5, 0.6) is 5.75 Å². The van der Waals surface area contributed by atoms with Gasteiger partial charge in [-0.1, -0.05) is 17.7 Å². The lowest BCUT2D eigenvalue weighted by Gasteiger charge is -2.14. The number of imide groups is 1. The van der Waals surface area contributed by atoms with Crippen molar-refractivity contribution in [2.45, 2.75) is 19.5 Å². The first-order valence-electron chi connectivity index (χ1n) is 8.92. The van der Waals surface area contributed by atoms with E-state index < -0.39 is 25.1 Å². The van der Waals surface area contributed by atoms with Crippen LogP contribution in [0.15, 0.2) is 42.5 Å². The summed E-state index contributed by atoms with van der Waals surface area (Å²) in [5, 5.41) is 2.26. The molecule has 1 N–H and O–H groups in total. The maximum Gasteiger partial charge on any atom is 0.387 e. The van der Waals surface area contributed by atoms with E-state index in [0.717, 1.165) is 11.0 Å². The van der Waals surface area contributed by atoms with E-state index in [1.165, 1.54) is 36.4 Å². The molecule has 0 aliphatic carbocycles. The Labute approximate surface area is 179 Å². The van der Waals surface area contributed by atoms with E-state index in [9.17, 15) is 28.0 Å². The van der Waals surface area contributed by atoms with Gasteiger partial charge in [0.1, 0.15) is 5.75 Å². The van der Waals surface area contributed by atoms with Crippen LogP contribution in [0.1, 0.15) is 23.2 Å². The van der Waals surface area contributed by atoms with E-state index in [2.05, 4.69) is 10.1 Å². The minimum atomic E-state index is -3.04. The number of esters is 1. The Morgan fingerprint density at radius 3 is 2.45 bits per heavy atom. The molecular weight excluding hydrogens is 438 g/mol. The van der Waals surface area contributed by atoms with Gasteiger partial charge in [-0.15, -0.1) is 0 Å². The fraction of sp³-hybridized carbons (Fsp3) is 0.200. The summed E-state index contributed by atoms with van der Waals surface area (Å²) in [6.07, 6.45) is 0.208. The third kappa shape index (κ3) is 5.54. The number of amides is 3. The van der Waals surface area contributed by atoms with Crippen molar-refractivity contribution in [1.82, 2.24) is 0 Å². The number of nitrogens with zero attached hydrogens (tertiary/aromatic N) is 1. The topological polar surface area (TPSA) is 102 Å². The predicted octanol–water partition coefficient (Wildman–Crippen LogP) is 3.39. The monoisotopic (exact) mass is 452 g/mol. The van der Waals surface area contributed by atoms with Crippen molar-refractivity contribution in [3.8, 4) is 5.75 Å². The Morgan fingerprint density at radius 2 is 1.81 bits per heavy atom. The molecule has 0 aromatic heterocycles. The molecule has 1 aliphatic heterocycles. The molecular formula is C20H15ClF2N2O6. The molecule has 8 nitrogen and oxygen atoms in total. The summed E-state index contributed by atoms with van der Waals surface area (Å²) in [5.41, 5.74) is 0.474. The van der Waals surface area contributed by atoms with Crippen LogP contribution in [0, 0.1) is 0 Å². The van der Waals surface area contributed by atoms with Crippen molar-refractivity contribution in [1.29, 1.82) is 0 Å². The fourth-order valence-corrected chi connectivity index (χ4v) is 3.04. The van der Waals surface area contributed by atoms with E-state index in [-0.39, 0.29) is 52.4 Å². The van der Waals surface area contributed by atoms with Crippen LogP contribution in [0.4, 0.5) is 20.2 Å². The minimum Gasteiger partial charge on any atom is -0.452 e. The zero-order valence-corrected chi connectivity index (χ0v) is 16.5. The maximum atomic E-state index is 12.2. The van der Waals surface area contributed by atoms with E-state index in [0.29, 0.717) is 0 Å². The van der Waals surface area contributed by atoms with Gasteiger partial charge in [0.2, 0.25) is 11.8 Å².